The normalized spacial score (nSPS) is 20.2. The second kappa shape index (κ2) is 7.48. The lowest BCUT2D eigenvalue weighted by atomic mass is 10.0. The average molecular weight is 358 g/mol. The van der Waals surface area contributed by atoms with Crippen LogP contribution >= 0.6 is 0 Å². The Morgan fingerprint density at radius 3 is 2.69 bits per heavy atom. The van der Waals surface area contributed by atoms with Crippen molar-refractivity contribution in [1.82, 2.24) is 9.78 Å². The number of hydrogen-bond acceptors (Lipinski definition) is 3. The summed E-state index contributed by atoms with van der Waals surface area (Å²) < 4.78 is 20.5. The van der Waals surface area contributed by atoms with Crippen LogP contribution in [0.4, 0.5) is 15.0 Å². The van der Waals surface area contributed by atoms with Gasteiger partial charge >= 0.3 is 6.09 Å². The molecule has 1 saturated carbocycles. The van der Waals surface area contributed by atoms with Crippen molar-refractivity contribution >= 4 is 11.9 Å². The summed E-state index contributed by atoms with van der Waals surface area (Å²) in [4.78, 5) is 12.2. The highest BCUT2D eigenvalue weighted by atomic mass is 19.1. The summed E-state index contributed by atoms with van der Waals surface area (Å²) in [5, 5.41) is 7.41. The first-order chi connectivity index (χ1) is 12.3. The molecule has 0 spiro atoms. The van der Waals surface area contributed by atoms with Gasteiger partial charge in [0.25, 0.3) is 0 Å². The number of carbonyl (C=O) groups is 1. The fourth-order valence-corrected chi connectivity index (χ4v) is 3.08. The van der Waals surface area contributed by atoms with Crippen LogP contribution in [0, 0.1) is 6.42 Å². The van der Waals surface area contributed by atoms with Gasteiger partial charge in [-0.2, -0.15) is 5.10 Å². The molecule has 1 aliphatic rings. The number of aromatic nitrogens is 2. The third kappa shape index (κ3) is 4.42. The fraction of sp³-hybridized carbons (Fsp3) is 0.450. The Bertz CT molecular complexity index is 752. The molecule has 1 fully saturated rings. The molecule has 26 heavy (non-hydrogen) atoms. The van der Waals surface area contributed by atoms with E-state index in [0.717, 1.165) is 11.3 Å². The van der Waals surface area contributed by atoms with Crippen LogP contribution in [0.3, 0.4) is 0 Å². The SMILES string of the molecule is CC(C)(C)n1nc([C@@H]2C[CH][C@@H](F)C2)cc1NC(=O)OCc1ccccc1. The van der Waals surface area contributed by atoms with Gasteiger partial charge in [-0.05, 0) is 45.6 Å². The summed E-state index contributed by atoms with van der Waals surface area (Å²) in [6.07, 6.45) is 1.38. The van der Waals surface area contributed by atoms with Gasteiger partial charge in [-0.15, -0.1) is 0 Å². The van der Waals surface area contributed by atoms with E-state index in [1.54, 1.807) is 11.1 Å². The molecular formula is C20H25FN3O2. The van der Waals surface area contributed by atoms with Crippen molar-refractivity contribution < 1.29 is 13.9 Å². The van der Waals surface area contributed by atoms with Crippen molar-refractivity contribution in [1.29, 1.82) is 0 Å². The van der Waals surface area contributed by atoms with Crippen LogP contribution in [0.2, 0.25) is 0 Å². The number of anilines is 1. The van der Waals surface area contributed by atoms with Crippen molar-refractivity contribution in [3.63, 3.8) is 0 Å². The van der Waals surface area contributed by atoms with E-state index in [0.29, 0.717) is 18.7 Å². The molecule has 1 aliphatic carbocycles. The van der Waals surface area contributed by atoms with Gasteiger partial charge in [0.15, 0.2) is 0 Å². The van der Waals surface area contributed by atoms with Crippen LogP contribution < -0.4 is 5.32 Å². The number of alkyl halides is 1. The number of hydrogen-bond donors (Lipinski definition) is 1. The predicted octanol–water partition coefficient (Wildman–Crippen LogP) is 4.81. The van der Waals surface area contributed by atoms with Crippen molar-refractivity contribution in [2.45, 2.75) is 57.8 Å². The van der Waals surface area contributed by atoms with E-state index in [2.05, 4.69) is 10.4 Å². The third-order valence-corrected chi connectivity index (χ3v) is 4.41. The van der Waals surface area contributed by atoms with Gasteiger partial charge in [0.1, 0.15) is 18.6 Å². The van der Waals surface area contributed by atoms with E-state index in [1.165, 1.54) is 0 Å². The zero-order valence-electron chi connectivity index (χ0n) is 15.4. The van der Waals surface area contributed by atoms with Crippen LogP contribution in [0.1, 0.15) is 50.8 Å². The summed E-state index contributed by atoms with van der Waals surface area (Å²) in [6, 6.07) is 11.3. The summed E-state index contributed by atoms with van der Waals surface area (Å²) in [7, 11) is 0. The second-order valence-electron chi connectivity index (χ2n) is 7.64. The van der Waals surface area contributed by atoms with Gasteiger partial charge in [-0.25, -0.2) is 13.9 Å². The number of nitrogens with zero attached hydrogens (tertiary/aromatic N) is 2. The lowest BCUT2D eigenvalue weighted by Gasteiger charge is -2.22. The first-order valence-electron chi connectivity index (χ1n) is 8.88. The van der Waals surface area contributed by atoms with Crippen LogP contribution in [-0.4, -0.2) is 22.0 Å². The topological polar surface area (TPSA) is 56.2 Å². The van der Waals surface area contributed by atoms with Gasteiger partial charge in [0.05, 0.1) is 11.2 Å². The van der Waals surface area contributed by atoms with Gasteiger partial charge in [0.2, 0.25) is 0 Å². The number of carbonyl (C=O) groups excluding carboxylic acids is 1. The molecular weight excluding hydrogens is 333 g/mol. The van der Waals surface area contributed by atoms with E-state index < -0.39 is 12.3 Å². The van der Waals surface area contributed by atoms with Crippen molar-refractivity contribution in [3.05, 3.63) is 54.1 Å². The lowest BCUT2D eigenvalue weighted by molar-refractivity contribution is 0.154. The van der Waals surface area contributed by atoms with Crippen molar-refractivity contribution in [2.75, 3.05) is 5.32 Å². The Labute approximate surface area is 153 Å². The Balaban J connectivity index is 1.71. The molecule has 139 valence electrons. The molecule has 2 aromatic rings. The highest BCUT2D eigenvalue weighted by molar-refractivity contribution is 5.83. The maximum Gasteiger partial charge on any atom is 0.413 e. The van der Waals surface area contributed by atoms with Gasteiger partial charge in [0, 0.05) is 12.0 Å². The molecule has 0 bridgehead atoms. The molecule has 2 atom stereocenters. The van der Waals surface area contributed by atoms with Crippen LogP contribution in [0.5, 0.6) is 0 Å². The monoisotopic (exact) mass is 358 g/mol. The first-order valence-corrected chi connectivity index (χ1v) is 8.88. The summed E-state index contributed by atoms with van der Waals surface area (Å²) >= 11 is 0. The molecule has 1 heterocycles. The van der Waals surface area contributed by atoms with Crippen LogP contribution in [-0.2, 0) is 16.9 Å². The average Bonchev–Trinajstić information content (AvgIpc) is 3.20. The van der Waals surface area contributed by atoms with Gasteiger partial charge in [-0.1, -0.05) is 30.3 Å². The molecule has 3 rings (SSSR count). The number of benzene rings is 1. The fourth-order valence-electron chi connectivity index (χ4n) is 3.08. The summed E-state index contributed by atoms with van der Waals surface area (Å²) in [6.45, 7) is 6.21. The number of rotatable bonds is 4. The van der Waals surface area contributed by atoms with Crippen molar-refractivity contribution in [2.24, 2.45) is 0 Å². The number of halogens is 1. The van der Waals surface area contributed by atoms with E-state index in [1.807, 2.05) is 57.2 Å². The Kier molecular flexibility index (Phi) is 5.30. The number of ether oxygens (including phenoxy) is 1. The molecule has 1 amide bonds. The quantitative estimate of drug-likeness (QED) is 0.853. The minimum atomic E-state index is -0.882. The highest BCUT2D eigenvalue weighted by Crippen LogP contribution is 2.36. The number of nitrogens with one attached hydrogen (secondary N) is 1. The zero-order valence-corrected chi connectivity index (χ0v) is 15.4. The highest BCUT2D eigenvalue weighted by Gasteiger charge is 2.30. The molecule has 1 aromatic heterocycles. The summed E-state index contributed by atoms with van der Waals surface area (Å²) in [5.74, 6) is 0.613. The van der Waals surface area contributed by atoms with E-state index >= 15 is 0 Å². The van der Waals surface area contributed by atoms with Crippen molar-refractivity contribution in [3.8, 4) is 0 Å². The second-order valence-corrected chi connectivity index (χ2v) is 7.64. The zero-order chi connectivity index (χ0) is 18.7. The molecule has 1 N–H and O–H groups in total. The van der Waals surface area contributed by atoms with E-state index in [4.69, 9.17) is 4.74 Å². The minimum absolute atomic E-state index is 0.0505. The number of amides is 1. The lowest BCUT2D eigenvalue weighted by Crippen LogP contribution is -2.27. The largest absolute Gasteiger partial charge is 0.444 e. The Hall–Kier alpha value is -2.37. The molecule has 6 heteroatoms. The Morgan fingerprint density at radius 1 is 1.35 bits per heavy atom. The molecule has 0 saturated heterocycles. The van der Waals surface area contributed by atoms with Crippen LogP contribution in [0.25, 0.3) is 0 Å². The van der Waals surface area contributed by atoms with Gasteiger partial charge in [-0.3, -0.25) is 5.32 Å². The standard InChI is InChI=1S/C20H25FN3O2/c1-20(2,3)24-18(12-17(23-24)15-9-10-16(21)11-15)22-19(25)26-13-14-7-5-4-6-8-14/h4-8,10,12,15-16H,9,11,13H2,1-3H3,(H,22,25)/t15-,16-/m1/s1. The molecule has 0 aliphatic heterocycles. The van der Waals surface area contributed by atoms with Crippen LogP contribution in [0.15, 0.2) is 36.4 Å². The van der Waals surface area contributed by atoms with E-state index in [9.17, 15) is 9.18 Å². The molecule has 1 radical (unpaired) electrons. The maximum absolute atomic E-state index is 13.5. The Morgan fingerprint density at radius 2 is 2.08 bits per heavy atom. The molecule has 5 nitrogen and oxygen atoms in total. The summed E-state index contributed by atoms with van der Waals surface area (Å²) in [5.41, 5.74) is 1.40. The smallest absolute Gasteiger partial charge is 0.413 e. The van der Waals surface area contributed by atoms with Gasteiger partial charge < -0.3 is 4.74 Å². The molecule has 0 unspecified atom stereocenters. The van der Waals surface area contributed by atoms with E-state index in [-0.39, 0.29) is 18.1 Å². The molecule has 1 aromatic carbocycles. The predicted molar refractivity (Wildman–Crippen MR) is 98.6 cm³/mol. The third-order valence-electron chi connectivity index (χ3n) is 4.41. The minimum Gasteiger partial charge on any atom is -0.444 e. The first kappa shape index (κ1) is 18.4. The maximum atomic E-state index is 13.5.